The van der Waals surface area contributed by atoms with Gasteiger partial charge in [0.15, 0.2) is 0 Å². The summed E-state index contributed by atoms with van der Waals surface area (Å²) in [6.45, 7) is 7.41. The second-order valence-electron chi connectivity index (χ2n) is 6.31. The maximum Gasteiger partial charge on any atom is 0.223 e. The molecular weight excluding hydrogens is 309 g/mol. The number of carbonyl (C=O) groups excluding carboxylic acids is 1. The van der Waals surface area contributed by atoms with Crippen LogP contribution in [0.3, 0.4) is 0 Å². The quantitative estimate of drug-likeness (QED) is 0.760. The number of hydrogen-bond donors (Lipinski definition) is 3. The molecule has 0 aliphatic heterocycles. The number of aliphatic hydroxyl groups is 1. The number of rotatable bonds is 6. The van der Waals surface area contributed by atoms with Crippen molar-refractivity contribution < 1.29 is 14.3 Å². The summed E-state index contributed by atoms with van der Waals surface area (Å²) in [5, 5.41) is 20.2. The molecule has 3 N–H and O–H groups in total. The maximum absolute atomic E-state index is 13.0. The van der Waals surface area contributed by atoms with E-state index in [4.69, 9.17) is 0 Å². The molecule has 2 aromatic rings. The number of benzene rings is 1. The maximum atomic E-state index is 13.0. The van der Waals surface area contributed by atoms with Crippen LogP contribution in [0.2, 0.25) is 0 Å². The third kappa shape index (κ3) is 4.20. The molecule has 0 saturated heterocycles. The van der Waals surface area contributed by atoms with Crippen molar-refractivity contribution in [3.63, 3.8) is 0 Å². The third-order valence-corrected chi connectivity index (χ3v) is 4.29. The highest BCUT2D eigenvalue weighted by atomic mass is 19.1. The molecule has 0 aliphatic rings. The van der Waals surface area contributed by atoms with E-state index in [0.717, 1.165) is 17.0 Å². The largest absolute Gasteiger partial charge is 0.386 e. The zero-order valence-corrected chi connectivity index (χ0v) is 14.4. The van der Waals surface area contributed by atoms with E-state index in [1.54, 1.807) is 6.92 Å². The summed E-state index contributed by atoms with van der Waals surface area (Å²) < 4.78 is 13.0. The zero-order chi connectivity index (χ0) is 17.9. The number of aryl methyl sites for hydroxylation is 2. The molecule has 0 aliphatic carbocycles. The van der Waals surface area contributed by atoms with Gasteiger partial charge in [-0.1, -0.05) is 19.1 Å². The summed E-state index contributed by atoms with van der Waals surface area (Å²) >= 11 is 0. The van der Waals surface area contributed by atoms with Crippen molar-refractivity contribution in [2.45, 2.75) is 46.3 Å². The van der Waals surface area contributed by atoms with E-state index in [1.165, 1.54) is 24.3 Å². The van der Waals surface area contributed by atoms with Crippen LogP contribution >= 0.6 is 0 Å². The van der Waals surface area contributed by atoms with Gasteiger partial charge >= 0.3 is 0 Å². The number of nitrogens with zero attached hydrogens (tertiary/aromatic N) is 1. The molecule has 1 aromatic carbocycles. The van der Waals surface area contributed by atoms with Crippen LogP contribution in [-0.2, 0) is 11.2 Å². The molecule has 2 rings (SSSR count). The summed E-state index contributed by atoms with van der Waals surface area (Å²) in [4.78, 5) is 12.4. The van der Waals surface area contributed by atoms with Gasteiger partial charge < -0.3 is 10.4 Å². The van der Waals surface area contributed by atoms with Gasteiger partial charge in [0.05, 0.1) is 17.8 Å². The molecule has 1 heterocycles. The van der Waals surface area contributed by atoms with E-state index in [0.29, 0.717) is 12.0 Å². The standard InChI is InChI=1S/C18H24FN3O2/c1-10(9-16-11(2)21-22-12(16)3)18(24)20-13(4)17(23)14-5-7-15(19)8-6-14/h5-8,10,13,17,23H,9H2,1-4H3,(H,20,24)(H,21,22). The first-order valence-corrected chi connectivity index (χ1v) is 8.04. The van der Waals surface area contributed by atoms with Crippen molar-refractivity contribution >= 4 is 5.91 Å². The van der Waals surface area contributed by atoms with Crippen molar-refractivity contribution in [1.29, 1.82) is 0 Å². The minimum absolute atomic E-state index is 0.135. The molecule has 24 heavy (non-hydrogen) atoms. The summed E-state index contributed by atoms with van der Waals surface area (Å²) in [6, 6.07) is 5.14. The highest BCUT2D eigenvalue weighted by Crippen LogP contribution is 2.19. The fraction of sp³-hybridized carbons (Fsp3) is 0.444. The first kappa shape index (κ1) is 18.1. The Hall–Kier alpha value is -2.21. The number of H-pyrrole nitrogens is 1. The van der Waals surface area contributed by atoms with Crippen LogP contribution in [0.15, 0.2) is 24.3 Å². The molecule has 0 spiro atoms. The minimum Gasteiger partial charge on any atom is -0.386 e. The van der Waals surface area contributed by atoms with Gasteiger partial charge in [0, 0.05) is 11.6 Å². The molecule has 0 bridgehead atoms. The molecule has 1 amide bonds. The Labute approximate surface area is 141 Å². The lowest BCUT2D eigenvalue weighted by Crippen LogP contribution is -2.40. The van der Waals surface area contributed by atoms with E-state index in [-0.39, 0.29) is 17.6 Å². The number of aromatic nitrogens is 2. The second kappa shape index (κ2) is 7.57. The predicted octanol–water partition coefficient (Wildman–Crippen LogP) is 2.58. The van der Waals surface area contributed by atoms with Crippen molar-refractivity contribution in [1.82, 2.24) is 15.5 Å². The Morgan fingerprint density at radius 1 is 1.29 bits per heavy atom. The number of halogens is 1. The minimum atomic E-state index is -0.890. The summed E-state index contributed by atoms with van der Waals surface area (Å²) in [5.74, 6) is -0.742. The molecular formula is C18H24FN3O2. The Morgan fingerprint density at radius 2 is 1.92 bits per heavy atom. The Balaban J connectivity index is 1.96. The molecule has 1 aromatic heterocycles. The van der Waals surface area contributed by atoms with Crippen LogP contribution in [0.4, 0.5) is 4.39 Å². The van der Waals surface area contributed by atoms with Crippen LogP contribution in [0.25, 0.3) is 0 Å². The first-order chi connectivity index (χ1) is 11.3. The van der Waals surface area contributed by atoms with Gasteiger partial charge in [-0.05, 0) is 50.5 Å². The SMILES string of the molecule is Cc1n[nH]c(C)c1CC(C)C(=O)NC(C)C(O)c1ccc(F)cc1. The van der Waals surface area contributed by atoms with Crippen LogP contribution in [-0.4, -0.2) is 27.3 Å². The Bertz CT molecular complexity index is 677. The van der Waals surface area contributed by atoms with Gasteiger partial charge in [0.1, 0.15) is 5.82 Å². The van der Waals surface area contributed by atoms with Crippen LogP contribution in [0, 0.1) is 25.6 Å². The molecule has 5 nitrogen and oxygen atoms in total. The Kier molecular flexibility index (Phi) is 5.72. The van der Waals surface area contributed by atoms with Gasteiger partial charge in [-0.2, -0.15) is 5.10 Å². The van der Waals surface area contributed by atoms with Crippen molar-refractivity contribution in [3.05, 3.63) is 52.6 Å². The summed E-state index contributed by atoms with van der Waals surface area (Å²) in [6.07, 6.45) is -0.307. The number of nitrogens with one attached hydrogen (secondary N) is 2. The van der Waals surface area contributed by atoms with Crippen molar-refractivity contribution in [2.75, 3.05) is 0 Å². The predicted molar refractivity (Wildman–Crippen MR) is 89.9 cm³/mol. The monoisotopic (exact) mass is 333 g/mol. The fourth-order valence-electron chi connectivity index (χ4n) is 2.67. The van der Waals surface area contributed by atoms with Crippen LogP contribution in [0.5, 0.6) is 0 Å². The second-order valence-corrected chi connectivity index (χ2v) is 6.31. The van der Waals surface area contributed by atoms with Crippen LogP contribution in [0.1, 0.15) is 42.5 Å². The lowest BCUT2D eigenvalue weighted by Gasteiger charge is -2.22. The van der Waals surface area contributed by atoms with Gasteiger partial charge in [-0.15, -0.1) is 0 Å². The van der Waals surface area contributed by atoms with Crippen molar-refractivity contribution in [3.8, 4) is 0 Å². The topological polar surface area (TPSA) is 78.0 Å². The van der Waals surface area contributed by atoms with E-state index >= 15 is 0 Å². The third-order valence-electron chi connectivity index (χ3n) is 4.29. The van der Waals surface area contributed by atoms with Crippen LogP contribution < -0.4 is 5.32 Å². The lowest BCUT2D eigenvalue weighted by atomic mass is 9.97. The normalized spacial score (nSPS) is 14.9. The number of aliphatic hydroxyl groups excluding tert-OH is 1. The zero-order valence-electron chi connectivity index (χ0n) is 14.4. The summed E-state index contributed by atoms with van der Waals surface area (Å²) in [7, 11) is 0. The molecule has 6 heteroatoms. The Morgan fingerprint density at radius 3 is 2.46 bits per heavy atom. The molecule has 0 saturated carbocycles. The van der Waals surface area contributed by atoms with E-state index in [9.17, 15) is 14.3 Å². The van der Waals surface area contributed by atoms with Gasteiger partial charge in [0.2, 0.25) is 5.91 Å². The highest BCUT2D eigenvalue weighted by molar-refractivity contribution is 5.79. The number of carbonyl (C=O) groups is 1. The molecule has 3 atom stereocenters. The lowest BCUT2D eigenvalue weighted by molar-refractivity contribution is -0.125. The van der Waals surface area contributed by atoms with Gasteiger partial charge in [-0.25, -0.2) is 4.39 Å². The fourth-order valence-corrected chi connectivity index (χ4v) is 2.67. The number of hydrogen-bond acceptors (Lipinski definition) is 3. The highest BCUT2D eigenvalue weighted by Gasteiger charge is 2.23. The average Bonchev–Trinajstić information content (AvgIpc) is 2.86. The molecule has 0 fully saturated rings. The van der Waals surface area contributed by atoms with E-state index in [1.807, 2.05) is 20.8 Å². The van der Waals surface area contributed by atoms with E-state index < -0.39 is 12.1 Å². The first-order valence-electron chi connectivity index (χ1n) is 8.04. The number of amides is 1. The summed E-state index contributed by atoms with van der Waals surface area (Å²) in [5.41, 5.74) is 3.47. The van der Waals surface area contributed by atoms with Crippen molar-refractivity contribution in [2.24, 2.45) is 5.92 Å². The molecule has 130 valence electrons. The molecule has 0 radical (unpaired) electrons. The van der Waals surface area contributed by atoms with Gasteiger partial charge in [-0.3, -0.25) is 9.89 Å². The number of aromatic amines is 1. The van der Waals surface area contributed by atoms with Gasteiger partial charge in [0.25, 0.3) is 0 Å². The smallest absolute Gasteiger partial charge is 0.223 e. The van der Waals surface area contributed by atoms with E-state index in [2.05, 4.69) is 15.5 Å². The average molecular weight is 333 g/mol. The molecule has 3 unspecified atom stereocenters.